The van der Waals surface area contributed by atoms with Gasteiger partial charge < -0.3 is 10.5 Å². The van der Waals surface area contributed by atoms with Gasteiger partial charge >= 0.3 is 6.09 Å². The molecule has 0 radical (unpaired) electrons. The van der Waals surface area contributed by atoms with E-state index in [1.807, 2.05) is 30.5 Å². The second-order valence-electron chi connectivity index (χ2n) is 5.90. The van der Waals surface area contributed by atoms with Crippen LogP contribution in [0.1, 0.15) is 0 Å². The Morgan fingerprint density at radius 3 is 2.24 bits per heavy atom. The number of carbonyl (C=O) groups excluding carboxylic acids is 1. The predicted molar refractivity (Wildman–Crippen MR) is 118 cm³/mol. The molecular weight excluding hydrogens is 408 g/mol. The van der Waals surface area contributed by atoms with E-state index >= 15 is 0 Å². The molecule has 0 saturated carbocycles. The van der Waals surface area contributed by atoms with Gasteiger partial charge in [-0.15, -0.1) is 11.8 Å². The van der Waals surface area contributed by atoms with E-state index in [9.17, 15) is 13.2 Å². The molecule has 0 fully saturated rings. The molecule has 0 aliphatic carbocycles. The third kappa shape index (κ3) is 7.89. The van der Waals surface area contributed by atoms with E-state index in [2.05, 4.69) is 5.32 Å². The SMILES string of the molecule is CS(=O)(=O)c1cccc(NC(=O)Oc2ccccc2)c1.CSc1cccc(N)c1. The Balaban J connectivity index is 0.000000278. The third-order valence-electron chi connectivity index (χ3n) is 3.56. The molecule has 0 bridgehead atoms. The summed E-state index contributed by atoms with van der Waals surface area (Å²) in [6, 6.07) is 22.4. The van der Waals surface area contributed by atoms with E-state index in [0.29, 0.717) is 11.4 Å². The van der Waals surface area contributed by atoms with Crippen molar-refractivity contribution >= 4 is 39.1 Å². The first kappa shape index (κ1) is 22.3. The molecular formula is C21H22N2O4S2. The fraction of sp³-hybridized carbons (Fsp3) is 0.0952. The van der Waals surface area contributed by atoms with Gasteiger partial charge in [0.25, 0.3) is 0 Å². The van der Waals surface area contributed by atoms with Crippen molar-refractivity contribution in [3.63, 3.8) is 0 Å². The molecule has 3 aromatic rings. The maximum atomic E-state index is 11.7. The number of benzene rings is 3. The summed E-state index contributed by atoms with van der Waals surface area (Å²) in [5, 5.41) is 2.48. The van der Waals surface area contributed by atoms with Crippen LogP contribution in [0.3, 0.4) is 0 Å². The molecule has 3 rings (SSSR count). The van der Waals surface area contributed by atoms with Gasteiger partial charge in [-0.05, 0) is 54.8 Å². The zero-order valence-corrected chi connectivity index (χ0v) is 17.7. The molecule has 0 aromatic heterocycles. The van der Waals surface area contributed by atoms with Crippen LogP contribution in [0.25, 0.3) is 0 Å². The van der Waals surface area contributed by atoms with E-state index in [0.717, 1.165) is 11.9 Å². The fourth-order valence-corrected chi connectivity index (χ4v) is 3.32. The van der Waals surface area contributed by atoms with Crippen molar-refractivity contribution in [2.75, 3.05) is 23.6 Å². The molecule has 152 valence electrons. The molecule has 0 aliphatic rings. The summed E-state index contributed by atoms with van der Waals surface area (Å²) in [4.78, 5) is 13.0. The van der Waals surface area contributed by atoms with Crippen LogP contribution in [0.5, 0.6) is 5.75 Å². The van der Waals surface area contributed by atoms with Crippen LogP contribution in [-0.2, 0) is 9.84 Å². The highest BCUT2D eigenvalue weighted by Crippen LogP contribution is 2.17. The molecule has 6 nitrogen and oxygen atoms in total. The first-order valence-corrected chi connectivity index (χ1v) is 11.6. The van der Waals surface area contributed by atoms with Gasteiger partial charge in [0.1, 0.15) is 5.75 Å². The van der Waals surface area contributed by atoms with Gasteiger partial charge in [0.15, 0.2) is 9.84 Å². The Kier molecular flexibility index (Phi) is 8.11. The summed E-state index contributed by atoms with van der Waals surface area (Å²) in [5.41, 5.74) is 6.71. The Hall–Kier alpha value is -2.97. The van der Waals surface area contributed by atoms with Crippen LogP contribution >= 0.6 is 11.8 Å². The maximum Gasteiger partial charge on any atom is 0.417 e. The maximum absolute atomic E-state index is 11.7. The molecule has 0 aliphatic heterocycles. The number of ether oxygens (including phenoxy) is 1. The first-order valence-electron chi connectivity index (χ1n) is 8.51. The number of amides is 1. The van der Waals surface area contributed by atoms with Gasteiger partial charge in [0.05, 0.1) is 4.90 Å². The number of thioether (sulfide) groups is 1. The van der Waals surface area contributed by atoms with Gasteiger partial charge in [-0.3, -0.25) is 5.32 Å². The van der Waals surface area contributed by atoms with E-state index in [-0.39, 0.29) is 4.90 Å². The highest BCUT2D eigenvalue weighted by Gasteiger charge is 2.09. The van der Waals surface area contributed by atoms with Crippen molar-refractivity contribution in [1.29, 1.82) is 0 Å². The lowest BCUT2D eigenvalue weighted by Crippen LogP contribution is -2.16. The van der Waals surface area contributed by atoms with Crippen LogP contribution in [0.2, 0.25) is 0 Å². The topological polar surface area (TPSA) is 98.5 Å². The number of nitrogen functional groups attached to an aromatic ring is 1. The summed E-state index contributed by atoms with van der Waals surface area (Å²) in [5.74, 6) is 0.407. The lowest BCUT2D eigenvalue weighted by atomic mass is 10.3. The van der Waals surface area contributed by atoms with Crippen molar-refractivity contribution in [3.05, 3.63) is 78.9 Å². The average Bonchev–Trinajstić information content (AvgIpc) is 2.68. The zero-order valence-electron chi connectivity index (χ0n) is 16.0. The van der Waals surface area contributed by atoms with Crippen molar-refractivity contribution in [2.45, 2.75) is 9.79 Å². The quantitative estimate of drug-likeness (QED) is 0.460. The number of hydrogen-bond donors (Lipinski definition) is 2. The van der Waals surface area contributed by atoms with Crippen LogP contribution < -0.4 is 15.8 Å². The molecule has 0 unspecified atom stereocenters. The fourth-order valence-electron chi connectivity index (χ4n) is 2.18. The number of rotatable bonds is 4. The van der Waals surface area contributed by atoms with Crippen LogP contribution in [0.4, 0.5) is 16.2 Å². The smallest absolute Gasteiger partial charge is 0.410 e. The normalized spacial score (nSPS) is 10.4. The Bertz CT molecular complexity index is 1060. The van der Waals surface area contributed by atoms with Crippen LogP contribution in [0, 0.1) is 0 Å². The van der Waals surface area contributed by atoms with Gasteiger partial charge in [-0.2, -0.15) is 0 Å². The van der Waals surface area contributed by atoms with E-state index in [1.165, 1.54) is 17.0 Å². The van der Waals surface area contributed by atoms with Crippen LogP contribution in [0.15, 0.2) is 88.7 Å². The zero-order chi connectivity index (χ0) is 21.3. The van der Waals surface area contributed by atoms with Crippen LogP contribution in [-0.4, -0.2) is 27.0 Å². The Labute approximate surface area is 175 Å². The van der Waals surface area contributed by atoms with Crippen molar-refractivity contribution < 1.29 is 17.9 Å². The number of anilines is 2. The average molecular weight is 431 g/mol. The number of sulfone groups is 1. The highest BCUT2D eigenvalue weighted by molar-refractivity contribution is 7.98. The first-order chi connectivity index (χ1) is 13.8. The molecule has 0 heterocycles. The number of para-hydroxylation sites is 1. The van der Waals surface area contributed by atoms with Gasteiger partial charge in [0.2, 0.25) is 0 Å². The van der Waals surface area contributed by atoms with Gasteiger partial charge in [-0.1, -0.05) is 30.3 Å². The lowest BCUT2D eigenvalue weighted by molar-refractivity contribution is 0.215. The second-order valence-corrected chi connectivity index (χ2v) is 8.80. The summed E-state index contributed by atoms with van der Waals surface area (Å²) < 4.78 is 27.9. The van der Waals surface area contributed by atoms with Gasteiger partial charge in [0, 0.05) is 22.5 Å². The number of nitrogens with one attached hydrogen (secondary N) is 1. The van der Waals surface area contributed by atoms with E-state index in [4.69, 9.17) is 10.5 Å². The third-order valence-corrected chi connectivity index (χ3v) is 5.39. The molecule has 1 amide bonds. The molecule has 3 N–H and O–H groups in total. The molecule has 0 saturated heterocycles. The standard InChI is InChI=1S/C14H13NO4S.C7H9NS/c1-20(17,18)13-9-5-6-11(10-13)15-14(16)19-12-7-3-2-4-8-12;1-9-7-4-2-3-6(8)5-7/h2-10H,1H3,(H,15,16);2-5H,8H2,1H3. The largest absolute Gasteiger partial charge is 0.417 e. The minimum absolute atomic E-state index is 0.134. The van der Waals surface area contributed by atoms with E-state index < -0.39 is 15.9 Å². The number of carbonyl (C=O) groups is 1. The Morgan fingerprint density at radius 2 is 1.66 bits per heavy atom. The van der Waals surface area contributed by atoms with Crippen molar-refractivity contribution in [3.8, 4) is 5.75 Å². The molecule has 3 aromatic carbocycles. The lowest BCUT2D eigenvalue weighted by Gasteiger charge is -2.07. The summed E-state index contributed by atoms with van der Waals surface area (Å²) in [7, 11) is -3.31. The van der Waals surface area contributed by atoms with Crippen molar-refractivity contribution in [2.24, 2.45) is 0 Å². The monoisotopic (exact) mass is 430 g/mol. The molecule has 0 spiro atoms. The van der Waals surface area contributed by atoms with E-state index in [1.54, 1.807) is 54.2 Å². The Morgan fingerprint density at radius 1 is 0.966 bits per heavy atom. The number of nitrogens with two attached hydrogens (primary N) is 1. The second kappa shape index (κ2) is 10.5. The summed E-state index contributed by atoms with van der Waals surface area (Å²) >= 11 is 1.70. The van der Waals surface area contributed by atoms with Gasteiger partial charge in [-0.25, -0.2) is 13.2 Å². The highest BCUT2D eigenvalue weighted by atomic mass is 32.2. The minimum Gasteiger partial charge on any atom is -0.410 e. The summed E-state index contributed by atoms with van der Waals surface area (Å²) in [6.07, 6.45) is 2.46. The molecule has 0 atom stereocenters. The number of hydrogen-bond acceptors (Lipinski definition) is 6. The minimum atomic E-state index is -3.31. The molecule has 29 heavy (non-hydrogen) atoms. The summed E-state index contributed by atoms with van der Waals surface area (Å²) in [6.45, 7) is 0. The van der Waals surface area contributed by atoms with Crippen molar-refractivity contribution in [1.82, 2.24) is 0 Å². The molecule has 8 heteroatoms. The predicted octanol–water partition coefficient (Wildman–Crippen LogP) is 4.69.